The molecule has 0 unspecified atom stereocenters. The second kappa shape index (κ2) is 4.49. The predicted molar refractivity (Wildman–Crippen MR) is 75.7 cm³/mol. The van der Waals surface area contributed by atoms with Crippen LogP contribution in [0.4, 0.5) is 5.69 Å². The molecule has 0 aromatic heterocycles. The number of allylic oxidation sites excluding steroid dienone is 4. The molecule has 0 bridgehead atoms. The molecule has 0 radical (unpaired) electrons. The van der Waals surface area contributed by atoms with Crippen LogP contribution in [0.1, 0.15) is 12.0 Å². The molecule has 1 aliphatic carbocycles. The molecule has 4 heteroatoms. The van der Waals surface area contributed by atoms with Crippen molar-refractivity contribution in [3.63, 3.8) is 0 Å². The lowest BCUT2D eigenvalue weighted by Crippen LogP contribution is -2.22. The van der Waals surface area contributed by atoms with E-state index in [1.807, 2.05) is 30.4 Å². The highest BCUT2D eigenvalue weighted by molar-refractivity contribution is 6.31. The first-order valence-electron chi connectivity index (χ1n) is 5.89. The monoisotopic (exact) mass is 270 g/mol. The Labute approximate surface area is 116 Å². The van der Waals surface area contributed by atoms with Gasteiger partial charge in [-0.25, -0.2) is 4.90 Å². The summed E-state index contributed by atoms with van der Waals surface area (Å²) in [5.74, 6) is 0.768. The number of nitrogens with zero attached hydrogens (tertiary/aromatic N) is 2. The van der Waals surface area contributed by atoms with Gasteiger partial charge in [-0.05, 0) is 36.3 Å². The molecular formula is C15H11ClN2O. The molecule has 0 saturated carbocycles. The Hall–Kier alpha value is -2.18. The van der Waals surface area contributed by atoms with Gasteiger partial charge in [-0.15, -0.1) is 0 Å². The molecule has 1 aromatic rings. The SMILES string of the molecule is COc1cccc2c1C=C1CC=C(Cl)C=C1N2C#N. The van der Waals surface area contributed by atoms with Crippen molar-refractivity contribution < 1.29 is 4.74 Å². The zero-order valence-electron chi connectivity index (χ0n) is 10.4. The summed E-state index contributed by atoms with van der Waals surface area (Å²) in [6.45, 7) is 0. The lowest BCUT2D eigenvalue weighted by Gasteiger charge is -2.29. The molecule has 1 aromatic carbocycles. The van der Waals surface area contributed by atoms with Crippen LogP contribution >= 0.6 is 11.6 Å². The van der Waals surface area contributed by atoms with Crippen molar-refractivity contribution in [2.75, 3.05) is 12.0 Å². The highest BCUT2D eigenvalue weighted by Gasteiger charge is 2.26. The second-order valence-corrected chi connectivity index (χ2v) is 4.76. The van der Waals surface area contributed by atoms with Gasteiger partial charge in [-0.2, -0.15) is 5.26 Å². The average Bonchev–Trinajstić information content (AvgIpc) is 2.44. The van der Waals surface area contributed by atoms with Gasteiger partial charge in [-0.3, -0.25) is 0 Å². The summed E-state index contributed by atoms with van der Waals surface area (Å²) in [4.78, 5) is 1.60. The molecule has 94 valence electrons. The molecule has 3 nitrogen and oxygen atoms in total. The number of rotatable bonds is 1. The van der Waals surface area contributed by atoms with E-state index in [1.165, 1.54) is 0 Å². The third kappa shape index (κ3) is 1.81. The minimum atomic E-state index is 0.666. The van der Waals surface area contributed by atoms with E-state index in [-0.39, 0.29) is 0 Å². The fourth-order valence-corrected chi connectivity index (χ4v) is 2.58. The highest BCUT2D eigenvalue weighted by Crippen LogP contribution is 2.42. The summed E-state index contributed by atoms with van der Waals surface area (Å²) in [5.41, 5.74) is 3.67. The predicted octanol–water partition coefficient (Wildman–Crippen LogP) is 3.79. The van der Waals surface area contributed by atoms with Crippen LogP contribution in [0.25, 0.3) is 6.08 Å². The van der Waals surface area contributed by atoms with Crippen molar-refractivity contribution >= 4 is 23.4 Å². The molecule has 2 aliphatic rings. The molecule has 19 heavy (non-hydrogen) atoms. The first kappa shape index (κ1) is 11.9. The molecule has 0 N–H and O–H groups in total. The maximum absolute atomic E-state index is 9.43. The summed E-state index contributed by atoms with van der Waals surface area (Å²) in [7, 11) is 1.63. The fourth-order valence-electron chi connectivity index (χ4n) is 2.40. The van der Waals surface area contributed by atoms with Crippen molar-refractivity contribution in [2.24, 2.45) is 0 Å². The van der Waals surface area contributed by atoms with Crippen LogP contribution in [0, 0.1) is 11.5 Å². The fraction of sp³-hybridized carbons (Fsp3) is 0.133. The quantitative estimate of drug-likeness (QED) is 0.729. The smallest absolute Gasteiger partial charge is 0.189 e. The summed E-state index contributed by atoms with van der Waals surface area (Å²) in [6.07, 6.45) is 8.76. The number of halogens is 1. The van der Waals surface area contributed by atoms with Gasteiger partial charge in [0.05, 0.1) is 18.5 Å². The van der Waals surface area contributed by atoms with Crippen molar-refractivity contribution in [1.29, 1.82) is 5.26 Å². The van der Waals surface area contributed by atoms with E-state index in [9.17, 15) is 5.26 Å². The molecule has 1 heterocycles. The van der Waals surface area contributed by atoms with E-state index in [2.05, 4.69) is 12.3 Å². The number of ether oxygens (including phenoxy) is 1. The van der Waals surface area contributed by atoms with Gasteiger partial charge in [0.15, 0.2) is 6.19 Å². The molecule has 0 spiro atoms. The van der Waals surface area contributed by atoms with Crippen LogP contribution in [0.5, 0.6) is 5.75 Å². The first-order chi connectivity index (χ1) is 9.24. The van der Waals surface area contributed by atoms with Crippen LogP contribution in [0.15, 0.2) is 46.7 Å². The van der Waals surface area contributed by atoms with Crippen LogP contribution < -0.4 is 9.64 Å². The zero-order chi connectivity index (χ0) is 13.4. The van der Waals surface area contributed by atoms with Gasteiger partial charge in [0.25, 0.3) is 0 Å². The Morgan fingerprint density at radius 3 is 2.95 bits per heavy atom. The summed E-state index contributed by atoms with van der Waals surface area (Å²) < 4.78 is 5.36. The maximum atomic E-state index is 9.43. The average molecular weight is 271 g/mol. The third-order valence-electron chi connectivity index (χ3n) is 3.28. The first-order valence-corrected chi connectivity index (χ1v) is 6.27. The summed E-state index contributed by atoms with van der Waals surface area (Å²) in [6, 6.07) is 5.68. The van der Waals surface area contributed by atoms with E-state index >= 15 is 0 Å². The van der Waals surface area contributed by atoms with Gasteiger partial charge in [0, 0.05) is 10.6 Å². The molecule has 1 aliphatic heterocycles. The van der Waals surface area contributed by atoms with Crippen molar-refractivity contribution in [1.82, 2.24) is 0 Å². The molecule has 0 saturated heterocycles. The Balaban J connectivity index is 2.24. The lowest BCUT2D eigenvalue weighted by molar-refractivity contribution is 0.414. The molecule has 3 rings (SSSR count). The minimum Gasteiger partial charge on any atom is -0.496 e. The normalized spacial score (nSPS) is 16.5. The largest absolute Gasteiger partial charge is 0.496 e. The van der Waals surface area contributed by atoms with E-state index in [0.29, 0.717) is 5.03 Å². The molecule has 0 atom stereocenters. The van der Waals surface area contributed by atoms with Crippen molar-refractivity contribution in [3.05, 3.63) is 52.2 Å². The Bertz CT molecular complexity index is 680. The van der Waals surface area contributed by atoms with Crippen molar-refractivity contribution in [2.45, 2.75) is 6.42 Å². The van der Waals surface area contributed by atoms with Gasteiger partial charge in [-0.1, -0.05) is 23.7 Å². The molecule has 0 fully saturated rings. The highest BCUT2D eigenvalue weighted by atomic mass is 35.5. The van der Waals surface area contributed by atoms with Crippen LogP contribution in [0.2, 0.25) is 0 Å². The Morgan fingerprint density at radius 2 is 2.21 bits per heavy atom. The van der Waals surface area contributed by atoms with Crippen LogP contribution in [-0.2, 0) is 0 Å². The summed E-state index contributed by atoms with van der Waals surface area (Å²) >= 11 is 6.04. The topological polar surface area (TPSA) is 36.3 Å². The number of anilines is 1. The Morgan fingerprint density at radius 1 is 1.37 bits per heavy atom. The van der Waals surface area contributed by atoms with Gasteiger partial charge in [0.1, 0.15) is 5.75 Å². The number of hydrogen-bond donors (Lipinski definition) is 0. The number of benzene rings is 1. The number of fused-ring (bicyclic) bond motifs is 2. The molecular weight excluding hydrogens is 260 g/mol. The summed E-state index contributed by atoms with van der Waals surface area (Å²) in [5, 5.41) is 10.1. The van der Waals surface area contributed by atoms with Crippen LogP contribution in [-0.4, -0.2) is 7.11 Å². The van der Waals surface area contributed by atoms with E-state index in [0.717, 1.165) is 34.7 Å². The maximum Gasteiger partial charge on any atom is 0.189 e. The van der Waals surface area contributed by atoms with Gasteiger partial charge >= 0.3 is 0 Å². The number of nitriles is 1. The molecule has 0 amide bonds. The van der Waals surface area contributed by atoms with Gasteiger partial charge < -0.3 is 4.74 Å². The third-order valence-corrected chi connectivity index (χ3v) is 3.55. The lowest BCUT2D eigenvalue weighted by atomic mass is 9.94. The second-order valence-electron chi connectivity index (χ2n) is 4.32. The van der Waals surface area contributed by atoms with E-state index in [4.69, 9.17) is 16.3 Å². The van der Waals surface area contributed by atoms with Crippen molar-refractivity contribution in [3.8, 4) is 11.9 Å². The number of hydrogen-bond acceptors (Lipinski definition) is 3. The van der Waals surface area contributed by atoms with E-state index < -0.39 is 0 Å². The number of methoxy groups -OCH3 is 1. The van der Waals surface area contributed by atoms with E-state index in [1.54, 1.807) is 12.0 Å². The van der Waals surface area contributed by atoms with Crippen LogP contribution in [0.3, 0.4) is 0 Å². The van der Waals surface area contributed by atoms with Gasteiger partial charge in [0.2, 0.25) is 0 Å². The Kier molecular flexibility index (Phi) is 2.81. The zero-order valence-corrected chi connectivity index (χ0v) is 11.1. The minimum absolute atomic E-state index is 0.666. The standard InChI is InChI=1S/C15H11ClN2O/c1-19-15-4-2-3-13-12(15)7-10-5-6-11(16)8-14(10)18(13)9-17/h2-4,6-8H,5H2,1H3.